The van der Waals surface area contributed by atoms with Crippen molar-refractivity contribution < 1.29 is 19.1 Å². The lowest BCUT2D eigenvalue weighted by molar-refractivity contribution is -0.146. The molecule has 0 saturated carbocycles. The number of esters is 1. The Balaban J connectivity index is 1.71. The highest BCUT2D eigenvalue weighted by Crippen LogP contribution is 2.25. The Labute approximate surface area is 173 Å². The van der Waals surface area contributed by atoms with E-state index in [-0.39, 0.29) is 18.3 Å². The molecule has 1 fully saturated rings. The molecule has 0 radical (unpaired) electrons. The second-order valence-electron chi connectivity index (χ2n) is 6.86. The van der Waals surface area contributed by atoms with Crippen LogP contribution in [0.15, 0.2) is 43.0 Å². The number of hydrogen-bond acceptors (Lipinski definition) is 5. The molecule has 2 aromatic rings. The van der Waals surface area contributed by atoms with E-state index in [1.54, 1.807) is 18.2 Å². The Hall–Kier alpha value is -3.12. The monoisotopic (exact) mass is 412 g/mol. The SMILES string of the molecule is C=C(NCc1ccc(C=O)c(Cl)c1)c1cc(C)ccc1NC(=O)[C@@H]1CCC(=O)O1. The normalized spacial score (nSPS) is 15.5. The van der Waals surface area contributed by atoms with Gasteiger partial charge in [0.2, 0.25) is 0 Å². The third-order valence-corrected chi connectivity index (χ3v) is 4.96. The van der Waals surface area contributed by atoms with Crippen molar-refractivity contribution >= 4 is 41.1 Å². The maximum atomic E-state index is 12.4. The molecule has 3 rings (SSSR count). The molecule has 150 valence electrons. The number of carbonyl (C=O) groups is 3. The summed E-state index contributed by atoms with van der Waals surface area (Å²) in [5.41, 5.74) is 4.26. The van der Waals surface area contributed by atoms with Gasteiger partial charge in [0.25, 0.3) is 5.91 Å². The van der Waals surface area contributed by atoms with Gasteiger partial charge in [-0.25, -0.2) is 0 Å². The van der Waals surface area contributed by atoms with Gasteiger partial charge in [-0.05, 0) is 36.8 Å². The number of rotatable bonds is 7. The van der Waals surface area contributed by atoms with Gasteiger partial charge in [-0.2, -0.15) is 0 Å². The Bertz CT molecular complexity index is 987. The zero-order valence-corrected chi connectivity index (χ0v) is 16.7. The number of aryl methyl sites for hydroxylation is 1. The minimum Gasteiger partial charge on any atom is -0.452 e. The van der Waals surface area contributed by atoms with Crippen LogP contribution < -0.4 is 10.6 Å². The van der Waals surface area contributed by atoms with Crippen molar-refractivity contribution in [2.24, 2.45) is 0 Å². The Morgan fingerprint density at radius 3 is 2.76 bits per heavy atom. The van der Waals surface area contributed by atoms with Crippen molar-refractivity contribution in [3.05, 3.63) is 70.3 Å². The average molecular weight is 413 g/mol. The standard InChI is InChI=1S/C22H21ClN2O4/c1-13-3-6-19(25-22(28)20-7-8-21(27)29-20)17(9-13)14(2)24-11-15-4-5-16(12-26)18(23)10-15/h3-6,9-10,12,20,24H,2,7-8,11H2,1H3,(H,25,28)/t20-/m0/s1. The van der Waals surface area contributed by atoms with Crippen LogP contribution in [0.25, 0.3) is 5.70 Å². The molecular formula is C22H21ClN2O4. The smallest absolute Gasteiger partial charge is 0.306 e. The van der Waals surface area contributed by atoms with E-state index >= 15 is 0 Å². The number of aldehydes is 1. The molecule has 29 heavy (non-hydrogen) atoms. The molecule has 1 aliphatic heterocycles. The van der Waals surface area contributed by atoms with E-state index < -0.39 is 6.10 Å². The molecule has 2 aromatic carbocycles. The molecule has 2 N–H and O–H groups in total. The van der Waals surface area contributed by atoms with Gasteiger partial charge < -0.3 is 15.4 Å². The fourth-order valence-electron chi connectivity index (χ4n) is 3.02. The molecule has 0 aromatic heterocycles. The highest BCUT2D eigenvalue weighted by atomic mass is 35.5. The minimum atomic E-state index is -0.767. The summed E-state index contributed by atoms with van der Waals surface area (Å²) in [7, 11) is 0. The molecule has 0 bridgehead atoms. The first kappa shape index (κ1) is 20.6. The van der Waals surface area contributed by atoms with Crippen molar-refractivity contribution in [1.29, 1.82) is 0 Å². The number of anilines is 1. The van der Waals surface area contributed by atoms with Gasteiger partial charge in [-0.15, -0.1) is 0 Å². The Kier molecular flexibility index (Phi) is 6.34. The summed E-state index contributed by atoms with van der Waals surface area (Å²) < 4.78 is 5.03. The quantitative estimate of drug-likeness (QED) is 0.532. The number of carbonyl (C=O) groups excluding carboxylic acids is 3. The first-order valence-electron chi connectivity index (χ1n) is 9.15. The molecule has 6 nitrogen and oxygen atoms in total. The average Bonchev–Trinajstić information content (AvgIpc) is 3.14. The van der Waals surface area contributed by atoms with Gasteiger partial charge in [-0.3, -0.25) is 14.4 Å². The minimum absolute atomic E-state index is 0.249. The van der Waals surface area contributed by atoms with E-state index in [1.165, 1.54) is 0 Å². The summed E-state index contributed by atoms with van der Waals surface area (Å²) >= 11 is 6.07. The first-order chi connectivity index (χ1) is 13.9. The number of nitrogens with one attached hydrogen (secondary N) is 2. The molecule has 1 saturated heterocycles. The van der Waals surface area contributed by atoms with Gasteiger partial charge in [0.1, 0.15) is 0 Å². The highest BCUT2D eigenvalue weighted by Gasteiger charge is 2.30. The summed E-state index contributed by atoms with van der Waals surface area (Å²) in [5.74, 6) is -0.718. The molecule has 1 aliphatic rings. The van der Waals surface area contributed by atoms with E-state index in [1.807, 2.05) is 25.1 Å². The first-order valence-corrected chi connectivity index (χ1v) is 9.53. The number of hydrogen-bond donors (Lipinski definition) is 2. The molecule has 1 heterocycles. The lowest BCUT2D eigenvalue weighted by Gasteiger charge is -2.17. The van der Waals surface area contributed by atoms with Crippen molar-refractivity contribution in [2.45, 2.75) is 32.4 Å². The third-order valence-electron chi connectivity index (χ3n) is 4.63. The van der Waals surface area contributed by atoms with Crippen LogP contribution in [0.5, 0.6) is 0 Å². The largest absolute Gasteiger partial charge is 0.452 e. The number of ether oxygens (including phenoxy) is 1. The van der Waals surface area contributed by atoms with Gasteiger partial charge in [0.15, 0.2) is 12.4 Å². The van der Waals surface area contributed by atoms with Crippen molar-refractivity contribution in [1.82, 2.24) is 5.32 Å². The van der Waals surface area contributed by atoms with E-state index in [0.717, 1.165) is 16.7 Å². The Morgan fingerprint density at radius 2 is 2.10 bits per heavy atom. The molecule has 0 aliphatic carbocycles. The molecule has 7 heteroatoms. The van der Waals surface area contributed by atoms with Crippen LogP contribution in [-0.4, -0.2) is 24.3 Å². The van der Waals surface area contributed by atoms with Gasteiger partial charge in [-0.1, -0.05) is 35.9 Å². The van der Waals surface area contributed by atoms with Gasteiger partial charge in [0.05, 0.1) is 10.7 Å². The highest BCUT2D eigenvalue weighted by molar-refractivity contribution is 6.33. The number of halogens is 1. The number of amides is 1. The molecule has 1 atom stereocenters. The van der Waals surface area contributed by atoms with Crippen LogP contribution >= 0.6 is 11.6 Å². The zero-order valence-electron chi connectivity index (χ0n) is 16.0. The summed E-state index contributed by atoms with van der Waals surface area (Å²) in [6, 6.07) is 10.8. The lowest BCUT2D eigenvalue weighted by Crippen LogP contribution is -2.28. The fourth-order valence-corrected chi connectivity index (χ4v) is 3.27. The van der Waals surface area contributed by atoms with Gasteiger partial charge >= 0.3 is 5.97 Å². The summed E-state index contributed by atoms with van der Waals surface area (Å²) in [6.45, 7) is 6.47. The second-order valence-corrected chi connectivity index (χ2v) is 7.27. The number of cyclic esters (lactones) is 1. The zero-order chi connectivity index (χ0) is 21.0. The van der Waals surface area contributed by atoms with Crippen LogP contribution in [0.3, 0.4) is 0 Å². The van der Waals surface area contributed by atoms with Crippen molar-refractivity contribution in [3.63, 3.8) is 0 Å². The molecular weight excluding hydrogens is 392 g/mol. The number of benzene rings is 2. The van der Waals surface area contributed by atoms with E-state index in [9.17, 15) is 14.4 Å². The topological polar surface area (TPSA) is 84.5 Å². The molecule has 0 unspecified atom stereocenters. The molecule has 0 spiro atoms. The maximum Gasteiger partial charge on any atom is 0.306 e. The lowest BCUT2D eigenvalue weighted by atomic mass is 10.1. The summed E-state index contributed by atoms with van der Waals surface area (Å²) in [6.07, 6.45) is 0.569. The van der Waals surface area contributed by atoms with Crippen molar-refractivity contribution in [3.8, 4) is 0 Å². The van der Waals surface area contributed by atoms with Crippen LogP contribution in [-0.2, 0) is 20.9 Å². The maximum absolute atomic E-state index is 12.4. The summed E-state index contributed by atoms with van der Waals surface area (Å²) in [4.78, 5) is 34.6. The van der Waals surface area contributed by atoms with Crippen LogP contribution in [0.1, 0.15) is 39.9 Å². The predicted molar refractivity (Wildman–Crippen MR) is 112 cm³/mol. The van der Waals surface area contributed by atoms with Crippen LogP contribution in [0.2, 0.25) is 5.02 Å². The van der Waals surface area contributed by atoms with Crippen molar-refractivity contribution in [2.75, 3.05) is 5.32 Å². The molecule has 1 amide bonds. The predicted octanol–water partition coefficient (Wildman–Crippen LogP) is 3.87. The fraction of sp³-hybridized carbons (Fsp3) is 0.227. The van der Waals surface area contributed by atoms with E-state index in [2.05, 4.69) is 17.2 Å². The van der Waals surface area contributed by atoms with E-state index in [4.69, 9.17) is 16.3 Å². The van der Waals surface area contributed by atoms with E-state index in [0.29, 0.717) is 41.2 Å². The Morgan fingerprint density at radius 1 is 1.31 bits per heavy atom. The van der Waals surface area contributed by atoms with Gasteiger partial charge in [0, 0.05) is 36.2 Å². The summed E-state index contributed by atoms with van der Waals surface area (Å²) in [5, 5.41) is 6.43. The van der Waals surface area contributed by atoms with Crippen LogP contribution in [0.4, 0.5) is 5.69 Å². The second kappa shape index (κ2) is 8.92. The third kappa shape index (κ3) is 5.03. The van der Waals surface area contributed by atoms with Crippen LogP contribution in [0, 0.1) is 6.92 Å².